The van der Waals surface area contributed by atoms with Gasteiger partial charge in [0.1, 0.15) is 12.7 Å². The van der Waals surface area contributed by atoms with Crippen LogP contribution in [0.25, 0.3) is 17.2 Å². The van der Waals surface area contributed by atoms with E-state index in [9.17, 15) is 10.2 Å². The molecule has 0 aliphatic carbocycles. The Morgan fingerprint density at radius 2 is 1.89 bits per heavy atom. The monoisotopic (exact) mass is 243 g/mol. The van der Waals surface area contributed by atoms with Gasteiger partial charge in [-0.2, -0.15) is 0 Å². The first kappa shape index (κ1) is 10.3. The Morgan fingerprint density at radius 3 is 2.67 bits per heavy atom. The molecule has 0 saturated heterocycles. The molecule has 0 atom stereocenters. The van der Waals surface area contributed by atoms with E-state index in [0.717, 1.165) is 0 Å². The molecule has 2 heterocycles. The quantitative estimate of drug-likeness (QED) is 0.544. The van der Waals surface area contributed by atoms with Crippen molar-refractivity contribution in [3.8, 4) is 28.7 Å². The van der Waals surface area contributed by atoms with Crippen molar-refractivity contribution < 1.29 is 10.2 Å². The molecule has 0 saturated carbocycles. The lowest BCUT2D eigenvalue weighted by Gasteiger charge is -2.11. The molecule has 18 heavy (non-hydrogen) atoms. The van der Waals surface area contributed by atoms with Crippen LogP contribution >= 0.6 is 0 Å². The third kappa shape index (κ3) is 1.41. The fraction of sp³-hybridized carbons (Fsp3) is 0. The van der Waals surface area contributed by atoms with Gasteiger partial charge < -0.3 is 15.9 Å². The predicted molar refractivity (Wildman–Crippen MR) is 63.5 cm³/mol. The highest BCUT2D eigenvalue weighted by atomic mass is 16.3. The number of aromatic nitrogens is 4. The number of rotatable bonds is 1. The standard InChI is InChI=1S/C11H9N5O2/c12-10-9-11(14-4-13-9)16(5-15-10)6-1-2-7(17)8(18)3-6/h1-5,17-18H,12H2. The van der Waals surface area contributed by atoms with Gasteiger partial charge in [-0.1, -0.05) is 0 Å². The molecule has 2 aliphatic heterocycles. The number of nitrogen functional groups attached to an aromatic ring is 1. The van der Waals surface area contributed by atoms with E-state index in [1.54, 1.807) is 10.6 Å². The number of phenols is 2. The first-order valence-electron chi connectivity index (χ1n) is 5.12. The van der Waals surface area contributed by atoms with Crippen LogP contribution in [0.15, 0.2) is 30.9 Å². The van der Waals surface area contributed by atoms with E-state index in [4.69, 9.17) is 5.73 Å². The van der Waals surface area contributed by atoms with Crippen molar-refractivity contribution >= 4 is 5.82 Å². The lowest BCUT2D eigenvalue weighted by molar-refractivity contribution is 0.403. The summed E-state index contributed by atoms with van der Waals surface area (Å²) in [5.74, 6) is 0.423. The molecule has 0 spiro atoms. The summed E-state index contributed by atoms with van der Waals surface area (Å²) in [6, 6.07) is 4.42. The van der Waals surface area contributed by atoms with Crippen molar-refractivity contribution in [2.45, 2.75) is 0 Å². The molecule has 0 bridgehead atoms. The number of nitrogens with zero attached hydrogens (tertiary/aromatic N) is 4. The molecule has 90 valence electrons. The summed E-state index contributed by atoms with van der Waals surface area (Å²) in [5.41, 5.74) is 6.78. The highest BCUT2D eigenvalue weighted by Gasteiger charge is 2.16. The zero-order valence-corrected chi connectivity index (χ0v) is 9.15. The molecular formula is C11H9N5O2. The molecule has 0 amide bonds. The number of benzene rings is 1. The molecular weight excluding hydrogens is 234 g/mol. The molecule has 7 heteroatoms. The summed E-state index contributed by atoms with van der Waals surface area (Å²) in [4.78, 5) is 12.1. The van der Waals surface area contributed by atoms with Gasteiger partial charge in [0.2, 0.25) is 0 Å². The molecule has 0 unspecified atom stereocenters. The van der Waals surface area contributed by atoms with Crippen LogP contribution in [0.5, 0.6) is 11.5 Å². The summed E-state index contributed by atoms with van der Waals surface area (Å²) >= 11 is 0. The third-order valence-corrected chi connectivity index (χ3v) is 2.60. The maximum Gasteiger partial charge on any atom is 0.170 e. The minimum atomic E-state index is -0.218. The molecule has 7 nitrogen and oxygen atoms in total. The first-order chi connectivity index (χ1) is 8.66. The van der Waals surface area contributed by atoms with Crippen LogP contribution < -0.4 is 5.73 Å². The number of imidazole rings is 1. The molecule has 4 N–H and O–H groups in total. The van der Waals surface area contributed by atoms with Gasteiger partial charge in [0, 0.05) is 6.07 Å². The van der Waals surface area contributed by atoms with E-state index in [2.05, 4.69) is 15.0 Å². The Bertz CT molecular complexity index is 694. The highest BCUT2D eigenvalue weighted by molar-refractivity contribution is 5.66. The van der Waals surface area contributed by atoms with E-state index in [1.165, 1.54) is 24.8 Å². The van der Waals surface area contributed by atoms with Gasteiger partial charge >= 0.3 is 0 Å². The summed E-state index contributed by atoms with van der Waals surface area (Å²) in [7, 11) is 0. The average Bonchev–Trinajstić information content (AvgIpc) is 2.83. The van der Waals surface area contributed by atoms with Gasteiger partial charge in [-0.15, -0.1) is 0 Å². The van der Waals surface area contributed by atoms with Gasteiger partial charge in [0.25, 0.3) is 0 Å². The molecule has 3 rings (SSSR count). The Kier molecular flexibility index (Phi) is 2.06. The van der Waals surface area contributed by atoms with E-state index >= 15 is 0 Å². The SMILES string of the molecule is Nc1ncn(-c2ccc(O)c(O)c2)c2ncnc1-2. The van der Waals surface area contributed by atoms with E-state index < -0.39 is 0 Å². The average molecular weight is 243 g/mol. The largest absolute Gasteiger partial charge is 0.504 e. The van der Waals surface area contributed by atoms with Crippen LogP contribution in [0.2, 0.25) is 0 Å². The van der Waals surface area contributed by atoms with Crippen molar-refractivity contribution in [2.24, 2.45) is 0 Å². The smallest absolute Gasteiger partial charge is 0.170 e. The lowest BCUT2D eigenvalue weighted by atomic mass is 10.2. The van der Waals surface area contributed by atoms with E-state index in [-0.39, 0.29) is 11.5 Å². The minimum absolute atomic E-state index is 0.187. The fourth-order valence-corrected chi connectivity index (χ4v) is 1.70. The van der Waals surface area contributed by atoms with Crippen LogP contribution in [0, 0.1) is 0 Å². The molecule has 2 aliphatic rings. The second-order valence-corrected chi connectivity index (χ2v) is 3.72. The number of hydrogen-bond acceptors (Lipinski definition) is 6. The van der Waals surface area contributed by atoms with E-state index in [0.29, 0.717) is 23.0 Å². The first-order valence-corrected chi connectivity index (χ1v) is 5.12. The van der Waals surface area contributed by atoms with Crippen molar-refractivity contribution in [1.29, 1.82) is 0 Å². The maximum atomic E-state index is 9.49. The predicted octanol–water partition coefficient (Wildman–Crippen LogP) is 0.760. The second kappa shape index (κ2) is 3.59. The Labute approximate surface area is 102 Å². The van der Waals surface area contributed by atoms with Crippen molar-refractivity contribution in [3.05, 3.63) is 30.9 Å². The number of anilines is 1. The Balaban J connectivity index is 2.23. The Hall–Kier alpha value is -2.83. The normalized spacial score (nSPS) is 10.9. The summed E-state index contributed by atoms with van der Waals surface area (Å²) < 4.78 is 1.62. The topological polar surface area (TPSA) is 110 Å². The fourth-order valence-electron chi connectivity index (χ4n) is 1.70. The number of phenolic OH excluding ortho intramolecular Hbond substituents is 2. The van der Waals surface area contributed by atoms with Gasteiger partial charge in [-0.05, 0) is 12.1 Å². The van der Waals surface area contributed by atoms with E-state index in [1.807, 2.05) is 0 Å². The molecule has 1 aromatic carbocycles. The number of nitrogens with two attached hydrogens (primary N) is 1. The zero-order chi connectivity index (χ0) is 12.7. The number of hydrogen-bond donors (Lipinski definition) is 3. The van der Waals surface area contributed by atoms with Crippen molar-refractivity contribution in [2.75, 3.05) is 5.73 Å². The van der Waals surface area contributed by atoms with Crippen LogP contribution in [0.1, 0.15) is 0 Å². The molecule has 0 radical (unpaired) electrons. The third-order valence-electron chi connectivity index (χ3n) is 2.60. The molecule has 0 fully saturated rings. The van der Waals surface area contributed by atoms with Crippen LogP contribution in [0.3, 0.4) is 0 Å². The van der Waals surface area contributed by atoms with Crippen LogP contribution in [0.4, 0.5) is 5.82 Å². The lowest BCUT2D eigenvalue weighted by Crippen LogP contribution is -2.06. The van der Waals surface area contributed by atoms with Gasteiger partial charge in [0.05, 0.1) is 5.69 Å². The maximum absolute atomic E-state index is 9.49. The van der Waals surface area contributed by atoms with Gasteiger partial charge in [-0.25, -0.2) is 15.0 Å². The summed E-state index contributed by atoms with van der Waals surface area (Å²) in [6.07, 6.45) is 2.87. The Morgan fingerprint density at radius 1 is 1.06 bits per heavy atom. The summed E-state index contributed by atoms with van der Waals surface area (Å²) in [6.45, 7) is 0. The highest BCUT2D eigenvalue weighted by Crippen LogP contribution is 2.30. The second-order valence-electron chi connectivity index (χ2n) is 3.72. The van der Waals surface area contributed by atoms with Crippen LogP contribution in [-0.2, 0) is 0 Å². The van der Waals surface area contributed by atoms with Crippen LogP contribution in [-0.4, -0.2) is 29.7 Å². The number of fused-ring (bicyclic) bond motifs is 1. The minimum Gasteiger partial charge on any atom is -0.504 e. The van der Waals surface area contributed by atoms with Gasteiger partial charge in [-0.3, -0.25) is 4.57 Å². The van der Waals surface area contributed by atoms with Gasteiger partial charge in [0.15, 0.2) is 28.8 Å². The summed E-state index contributed by atoms with van der Waals surface area (Å²) in [5, 5.41) is 18.8. The van der Waals surface area contributed by atoms with Crippen molar-refractivity contribution in [3.63, 3.8) is 0 Å². The zero-order valence-electron chi connectivity index (χ0n) is 9.15. The van der Waals surface area contributed by atoms with Crippen molar-refractivity contribution in [1.82, 2.24) is 19.5 Å². The number of aromatic hydroxyl groups is 2. The molecule has 0 aromatic heterocycles. The molecule has 1 aromatic rings.